The Morgan fingerprint density at radius 2 is 1.15 bits per heavy atom. The van der Waals surface area contributed by atoms with Gasteiger partial charge in [0.05, 0.1) is 24.2 Å². The molecular weight excluding hydrogens is 612 g/mol. The summed E-state index contributed by atoms with van der Waals surface area (Å²) < 4.78 is 4.97. The summed E-state index contributed by atoms with van der Waals surface area (Å²) in [4.78, 5) is 70.0. The molecule has 4 aromatic rings. The van der Waals surface area contributed by atoms with Crippen molar-refractivity contribution in [3.8, 4) is 0 Å². The standard InChI is InChI=1S/C19H21N3O3.C17H17N3O3/c1-11(2)18-20-17(15(23)10-25-4)13-9-16(24)22(19(13)21-18)14-8-6-5-7-12(14)3;1-9(2)15-18-14(17(22)23)11-8-13(21)20(16(11)19-15)12-7-5-4-6-10(12)3/h5-8,11H,9-10H2,1-4H3;4-7,9H,8H2,1-3H3,(H,22,23). The zero-order valence-electron chi connectivity index (χ0n) is 28.1. The number of carboxylic acids is 1. The molecule has 0 unspecified atom stereocenters. The Bertz CT molecular complexity index is 1940. The highest BCUT2D eigenvalue weighted by Crippen LogP contribution is 2.39. The number of aromatic carboxylic acids is 1. The third-order valence-corrected chi connectivity index (χ3v) is 8.07. The van der Waals surface area contributed by atoms with E-state index >= 15 is 0 Å². The molecule has 2 amide bonds. The molecule has 0 saturated heterocycles. The zero-order valence-corrected chi connectivity index (χ0v) is 28.1. The van der Waals surface area contributed by atoms with E-state index in [1.54, 1.807) is 4.90 Å². The highest BCUT2D eigenvalue weighted by molar-refractivity contribution is 6.11. The molecule has 2 aliphatic heterocycles. The van der Waals surface area contributed by atoms with Gasteiger partial charge in [-0.2, -0.15) is 0 Å². The third-order valence-electron chi connectivity index (χ3n) is 8.07. The number of hydrogen-bond acceptors (Lipinski definition) is 9. The van der Waals surface area contributed by atoms with Gasteiger partial charge < -0.3 is 9.84 Å². The average molecular weight is 651 g/mol. The molecule has 12 nitrogen and oxygen atoms in total. The summed E-state index contributed by atoms with van der Waals surface area (Å²) in [6.07, 6.45) is 0.122. The molecule has 0 fully saturated rings. The van der Waals surface area contributed by atoms with Gasteiger partial charge in [-0.15, -0.1) is 0 Å². The van der Waals surface area contributed by atoms with Crippen LogP contribution in [0.5, 0.6) is 0 Å². The van der Waals surface area contributed by atoms with E-state index in [0.717, 1.165) is 22.5 Å². The number of Topliss-reactive ketones (excluding diaryl/α,β-unsaturated/α-hetero) is 1. The number of benzene rings is 2. The number of amides is 2. The first-order valence-electron chi connectivity index (χ1n) is 15.7. The van der Waals surface area contributed by atoms with Crippen molar-refractivity contribution < 1.29 is 29.0 Å². The number of anilines is 4. The summed E-state index contributed by atoms with van der Waals surface area (Å²) in [5, 5.41) is 9.43. The quantitative estimate of drug-likeness (QED) is 0.232. The van der Waals surface area contributed by atoms with E-state index in [-0.39, 0.29) is 54.6 Å². The van der Waals surface area contributed by atoms with E-state index in [2.05, 4.69) is 19.9 Å². The number of rotatable bonds is 8. The Kier molecular flexibility index (Phi) is 9.76. The van der Waals surface area contributed by atoms with Crippen molar-refractivity contribution in [1.82, 2.24) is 19.9 Å². The molecule has 2 aromatic heterocycles. The predicted molar refractivity (Wildman–Crippen MR) is 179 cm³/mol. The summed E-state index contributed by atoms with van der Waals surface area (Å²) in [7, 11) is 1.47. The maximum Gasteiger partial charge on any atom is 0.355 e. The van der Waals surface area contributed by atoms with Gasteiger partial charge in [0.15, 0.2) is 5.69 Å². The monoisotopic (exact) mass is 650 g/mol. The second-order valence-corrected chi connectivity index (χ2v) is 12.3. The molecule has 1 N–H and O–H groups in total. The van der Waals surface area contributed by atoms with Crippen LogP contribution in [0.15, 0.2) is 48.5 Å². The van der Waals surface area contributed by atoms with Gasteiger partial charge in [-0.25, -0.2) is 24.7 Å². The second kappa shape index (κ2) is 13.8. The van der Waals surface area contributed by atoms with E-state index in [9.17, 15) is 24.3 Å². The number of methoxy groups -OCH3 is 1. The molecule has 2 aromatic carbocycles. The summed E-state index contributed by atoms with van der Waals surface area (Å²) >= 11 is 0. The topological polar surface area (TPSA) is 156 Å². The van der Waals surface area contributed by atoms with Crippen molar-refractivity contribution in [2.75, 3.05) is 23.5 Å². The van der Waals surface area contributed by atoms with E-state index in [0.29, 0.717) is 40.1 Å². The van der Waals surface area contributed by atoms with Gasteiger partial charge in [0.2, 0.25) is 17.6 Å². The van der Waals surface area contributed by atoms with Crippen LogP contribution in [0.25, 0.3) is 0 Å². The van der Waals surface area contributed by atoms with Gasteiger partial charge in [-0.3, -0.25) is 24.2 Å². The molecule has 0 spiro atoms. The maximum absolute atomic E-state index is 12.7. The predicted octanol–water partition coefficient (Wildman–Crippen LogP) is 5.79. The number of aromatic nitrogens is 4. The number of carbonyl (C=O) groups is 4. The SMILES string of the molecule is COCC(=O)c1nc(C(C)C)nc2c1CC(=O)N2c1ccccc1C.Cc1ccccc1N1C(=O)Cc2c(C(=O)O)nc(C(C)C)nc21. The number of ether oxygens (including phenoxy) is 1. The van der Waals surface area contributed by atoms with Crippen LogP contribution in [0, 0.1) is 13.8 Å². The summed E-state index contributed by atoms with van der Waals surface area (Å²) in [6, 6.07) is 15.1. The lowest BCUT2D eigenvalue weighted by atomic mass is 10.1. The molecule has 12 heteroatoms. The maximum atomic E-state index is 12.7. The molecular formula is C36H38N6O6. The minimum Gasteiger partial charge on any atom is -0.476 e. The van der Waals surface area contributed by atoms with Crippen LogP contribution in [0.1, 0.15) is 94.4 Å². The van der Waals surface area contributed by atoms with Crippen molar-refractivity contribution in [3.05, 3.63) is 93.8 Å². The lowest BCUT2D eigenvalue weighted by Crippen LogP contribution is -2.22. The number of fused-ring (bicyclic) bond motifs is 2. The fourth-order valence-electron chi connectivity index (χ4n) is 5.62. The van der Waals surface area contributed by atoms with Gasteiger partial charge in [0.1, 0.15) is 35.6 Å². The van der Waals surface area contributed by atoms with Crippen molar-refractivity contribution in [1.29, 1.82) is 0 Å². The second-order valence-electron chi connectivity index (χ2n) is 12.3. The van der Waals surface area contributed by atoms with Crippen molar-refractivity contribution in [2.45, 2.75) is 66.2 Å². The van der Waals surface area contributed by atoms with Crippen molar-refractivity contribution in [2.24, 2.45) is 0 Å². The summed E-state index contributed by atoms with van der Waals surface area (Å²) in [6.45, 7) is 11.5. The van der Waals surface area contributed by atoms with Crippen LogP contribution in [-0.2, 0) is 27.2 Å². The van der Waals surface area contributed by atoms with Gasteiger partial charge >= 0.3 is 5.97 Å². The Hall–Kier alpha value is -5.36. The number of carbonyl (C=O) groups excluding carboxylic acids is 3. The molecule has 0 bridgehead atoms. The molecule has 0 saturated carbocycles. The summed E-state index contributed by atoms with van der Waals surface area (Å²) in [5.41, 5.74) is 4.58. The largest absolute Gasteiger partial charge is 0.476 e. The van der Waals surface area contributed by atoms with Crippen LogP contribution >= 0.6 is 0 Å². The zero-order chi connectivity index (χ0) is 34.9. The Balaban J connectivity index is 0.000000188. The number of ketones is 1. The van der Waals surface area contributed by atoms with Crippen LogP contribution in [0.4, 0.5) is 23.0 Å². The van der Waals surface area contributed by atoms with Crippen LogP contribution < -0.4 is 9.80 Å². The van der Waals surface area contributed by atoms with E-state index in [4.69, 9.17) is 4.74 Å². The number of hydrogen-bond donors (Lipinski definition) is 1. The lowest BCUT2D eigenvalue weighted by Gasteiger charge is -2.20. The molecule has 6 rings (SSSR count). The van der Waals surface area contributed by atoms with E-state index < -0.39 is 5.97 Å². The molecule has 0 radical (unpaired) electrons. The number of nitrogens with zero attached hydrogens (tertiary/aromatic N) is 6. The van der Waals surface area contributed by atoms with Gasteiger partial charge in [0.25, 0.3) is 0 Å². The minimum atomic E-state index is -1.13. The smallest absolute Gasteiger partial charge is 0.355 e. The van der Waals surface area contributed by atoms with Crippen molar-refractivity contribution >= 4 is 46.6 Å². The van der Waals surface area contributed by atoms with Crippen LogP contribution in [-0.4, -0.2) is 62.3 Å². The molecule has 0 aliphatic carbocycles. The fraction of sp³-hybridized carbons (Fsp3) is 0.333. The molecule has 0 atom stereocenters. The molecule has 4 heterocycles. The Morgan fingerprint density at radius 3 is 1.54 bits per heavy atom. The molecule has 2 aliphatic rings. The lowest BCUT2D eigenvalue weighted by molar-refractivity contribution is -0.117. The normalized spacial score (nSPS) is 13.5. The Labute approximate surface area is 278 Å². The van der Waals surface area contributed by atoms with Gasteiger partial charge in [-0.05, 0) is 37.1 Å². The average Bonchev–Trinajstić information content (AvgIpc) is 3.55. The highest BCUT2D eigenvalue weighted by atomic mass is 16.5. The van der Waals surface area contributed by atoms with E-state index in [1.165, 1.54) is 12.0 Å². The number of para-hydroxylation sites is 2. The molecule has 48 heavy (non-hydrogen) atoms. The fourth-order valence-corrected chi connectivity index (χ4v) is 5.62. The minimum absolute atomic E-state index is 0.00365. The number of carboxylic acid groups (broad SMARTS) is 1. The first-order chi connectivity index (χ1) is 22.8. The van der Waals surface area contributed by atoms with Crippen LogP contribution in [0.2, 0.25) is 0 Å². The molecule has 248 valence electrons. The van der Waals surface area contributed by atoms with Gasteiger partial charge in [0, 0.05) is 30.1 Å². The van der Waals surface area contributed by atoms with Crippen LogP contribution in [0.3, 0.4) is 0 Å². The first kappa shape index (κ1) is 34.0. The highest BCUT2D eigenvalue weighted by Gasteiger charge is 2.37. The van der Waals surface area contributed by atoms with Gasteiger partial charge in [-0.1, -0.05) is 64.1 Å². The Morgan fingerprint density at radius 1 is 0.729 bits per heavy atom. The van der Waals surface area contributed by atoms with Crippen molar-refractivity contribution in [3.63, 3.8) is 0 Å². The first-order valence-corrected chi connectivity index (χ1v) is 15.7. The van der Waals surface area contributed by atoms with E-state index in [1.807, 2.05) is 90.1 Å². The summed E-state index contributed by atoms with van der Waals surface area (Å²) in [5.74, 6) is 0.214. The third kappa shape index (κ3) is 6.43. The number of aryl methyl sites for hydroxylation is 2.